The summed E-state index contributed by atoms with van der Waals surface area (Å²) in [4.78, 5) is 43.5. The molecule has 8 heteroatoms. The molecule has 44 heavy (non-hydrogen) atoms. The number of hydrogen-bond donors (Lipinski definition) is 3. The maximum Gasteiger partial charge on any atom is 0.258 e. The highest BCUT2D eigenvalue weighted by molar-refractivity contribution is 6.37. The molecule has 224 valence electrons. The monoisotopic (exact) mass is 587 g/mol. The number of nitrogens with zero attached hydrogens (tertiary/aromatic N) is 2. The number of para-hydroxylation sites is 1. The number of nitrogens with one attached hydrogen (secondary N) is 3. The van der Waals surface area contributed by atoms with Crippen LogP contribution in [0.3, 0.4) is 0 Å². The second-order valence-electron chi connectivity index (χ2n) is 10.5. The Kier molecular flexibility index (Phi) is 9.52. The summed E-state index contributed by atoms with van der Waals surface area (Å²) in [5.41, 5.74) is 5.62. The fourth-order valence-corrected chi connectivity index (χ4v) is 5.21. The number of anilines is 3. The van der Waals surface area contributed by atoms with Gasteiger partial charge in [-0.2, -0.15) is 0 Å². The Morgan fingerprint density at radius 2 is 1.41 bits per heavy atom. The van der Waals surface area contributed by atoms with Crippen molar-refractivity contribution in [3.05, 3.63) is 125 Å². The van der Waals surface area contributed by atoms with Crippen LogP contribution in [-0.4, -0.2) is 55.8 Å². The molecule has 0 atom stereocenters. The molecule has 0 saturated heterocycles. The van der Waals surface area contributed by atoms with Gasteiger partial charge in [-0.1, -0.05) is 62.4 Å². The quantitative estimate of drug-likeness (QED) is 0.188. The van der Waals surface area contributed by atoms with Gasteiger partial charge in [-0.05, 0) is 73.3 Å². The van der Waals surface area contributed by atoms with Crippen molar-refractivity contribution in [3.63, 3.8) is 0 Å². The highest BCUT2D eigenvalue weighted by Gasteiger charge is 2.30. The molecule has 4 aromatic rings. The zero-order valence-electron chi connectivity index (χ0n) is 25.3. The second-order valence-corrected chi connectivity index (χ2v) is 10.5. The summed E-state index contributed by atoms with van der Waals surface area (Å²) in [6.07, 6.45) is 0. The summed E-state index contributed by atoms with van der Waals surface area (Å²) in [7, 11) is 1.73. The van der Waals surface area contributed by atoms with Gasteiger partial charge in [-0.15, -0.1) is 0 Å². The van der Waals surface area contributed by atoms with Crippen molar-refractivity contribution in [1.29, 1.82) is 0 Å². The maximum atomic E-state index is 13.4. The molecule has 4 aromatic carbocycles. The molecule has 5 rings (SSSR count). The summed E-state index contributed by atoms with van der Waals surface area (Å²) in [6, 6.07) is 31.4. The summed E-state index contributed by atoms with van der Waals surface area (Å²) in [6.45, 7) is 7.46. The van der Waals surface area contributed by atoms with Crippen molar-refractivity contribution in [1.82, 2.24) is 10.2 Å². The van der Waals surface area contributed by atoms with Crippen LogP contribution < -0.4 is 20.9 Å². The lowest BCUT2D eigenvalue weighted by Crippen LogP contribution is -2.34. The zero-order valence-corrected chi connectivity index (χ0v) is 25.3. The Labute approximate surface area is 258 Å². The fourth-order valence-electron chi connectivity index (χ4n) is 5.21. The highest BCUT2D eigenvalue weighted by atomic mass is 16.2. The Hall–Kier alpha value is -5.21. The third-order valence-corrected chi connectivity index (χ3v) is 7.80. The van der Waals surface area contributed by atoms with E-state index < -0.39 is 0 Å². The van der Waals surface area contributed by atoms with E-state index in [1.165, 1.54) is 0 Å². The number of hydrogen-bond acceptors (Lipinski definition) is 5. The Morgan fingerprint density at radius 3 is 2.07 bits per heavy atom. The van der Waals surface area contributed by atoms with E-state index in [9.17, 15) is 14.4 Å². The van der Waals surface area contributed by atoms with Gasteiger partial charge in [-0.25, -0.2) is 0 Å². The van der Waals surface area contributed by atoms with Gasteiger partial charge in [0.05, 0.1) is 11.3 Å². The molecule has 0 aliphatic carbocycles. The van der Waals surface area contributed by atoms with Gasteiger partial charge in [0.25, 0.3) is 17.7 Å². The molecule has 3 amide bonds. The smallest absolute Gasteiger partial charge is 0.258 e. The van der Waals surface area contributed by atoms with Crippen LogP contribution in [0.25, 0.3) is 11.3 Å². The van der Waals surface area contributed by atoms with Crippen molar-refractivity contribution in [2.75, 3.05) is 48.8 Å². The first kappa shape index (κ1) is 30.3. The average molecular weight is 588 g/mol. The van der Waals surface area contributed by atoms with Crippen LogP contribution in [0.2, 0.25) is 0 Å². The van der Waals surface area contributed by atoms with Gasteiger partial charge < -0.3 is 25.8 Å². The molecule has 0 aromatic heterocycles. The van der Waals surface area contributed by atoms with Crippen molar-refractivity contribution in [3.8, 4) is 0 Å². The van der Waals surface area contributed by atoms with E-state index in [4.69, 9.17) is 0 Å². The molecular formula is C36H37N5O3. The Bertz CT molecular complexity index is 1660. The van der Waals surface area contributed by atoms with Gasteiger partial charge in [0.2, 0.25) is 0 Å². The van der Waals surface area contributed by atoms with E-state index in [-0.39, 0.29) is 17.7 Å². The molecule has 3 N–H and O–H groups in total. The SMILES string of the molecule is CCN(CC)CCNC(=O)c1ccc(NC(=C2C(=O)Nc3ccc(C(=O)N(C)c4ccccc4)cc32)c2ccccc2)cc1. The minimum Gasteiger partial charge on any atom is -0.354 e. The summed E-state index contributed by atoms with van der Waals surface area (Å²) in [5.74, 6) is -0.582. The average Bonchev–Trinajstić information content (AvgIpc) is 3.40. The van der Waals surface area contributed by atoms with Crippen molar-refractivity contribution in [2.24, 2.45) is 0 Å². The zero-order chi connectivity index (χ0) is 31.1. The van der Waals surface area contributed by atoms with Gasteiger partial charge >= 0.3 is 0 Å². The topological polar surface area (TPSA) is 93.8 Å². The number of fused-ring (bicyclic) bond motifs is 1. The molecule has 0 fully saturated rings. The van der Waals surface area contributed by atoms with E-state index in [2.05, 4.69) is 34.7 Å². The standard InChI is InChI=1S/C36H37N5O3/c1-4-41(5-2)23-22-37-34(42)26-16-19-28(20-17-26)38-33(25-12-8-6-9-13-25)32-30-24-27(18-21-31(30)39-35(32)43)36(44)40(3)29-14-10-7-11-15-29/h6-21,24,38H,4-5,22-23H2,1-3H3,(H,37,42)(H,39,43). The fraction of sp³-hybridized carbons (Fsp3) is 0.194. The Balaban J connectivity index is 1.44. The van der Waals surface area contributed by atoms with E-state index >= 15 is 0 Å². The van der Waals surface area contributed by atoms with E-state index in [0.717, 1.165) is 30.9 Å². The summed E-state index contributed by atoms with van der Waals surface area (Å²) < 4.78 is 0. The molecule has 1 aliphatic heterocycles. The van der Waals surface area contributed by atoms with Crippen LogP contribution >= 0.6 is 0 Å². The first-order chi connectivity index (χ1) is 21.4. The first-order valence-electron chi connectivity index (χ1n) is 14.9. The first-order valence-corrected chi connectivity index (χ1v) is 14.9. The molecular weight excluding hydrogens is 550 g/mol. The minimum absolute atomic E-state index is 0.132. The third-order valence-electron chi connectivity index (χ3n) is 7.80. The molecule has 0 unspecified atom stereocenters. The molecule has 1 aliphatic rings. The van der Waals surface area contributed by atoms with Gasteiger partial charge in [0.1, 0.15) is 0 Å². The number of benzene rings is 4. The normalized spacial score (nSPS) is 13.2. The van der Waals surface area contributed by atoms with E-state index in [1.807, 2.05) is 72.8 Å². The summed E-state index contributed by atoms with van der Waals surface area (Å²) >= 11 is 0. The predicted octanol–water partition coefficient (Wildman–Crippen LogP) is 5.97. The molecule has 0 spiro atoms. The van der Waals surface area contributed by atoms with Crippen LogP contribution in [0.15, 0.2) is 103 Å². The molecule has 0 saturated carbocycles. The number of carbonyl (C=O) groups excluding carboxylic acids is 3. The highest BCUT2D eigenvalue weighted by Crippen LogP contribution is 2.38. The van der Waals surface area contributed by atoms with Crippen LogP contribution in [0, 0.1) is 0 Å². The van der Waals surface area contributed by atoms with E-state index in [0.29, 0.717) is 45.9 Å². The summed E-state index contributed by atoms with van der Waals surface area (Å²) in [5, 5.41) is 9.37. The lowest BCUT2D eigenvalue weighted by molar-refractivity contribution is -0.110. The second kappa shape index (κ2) is 13.8. The van der Waals surface area contributed by atoms with Crippen LogP contribution in [0.4, 0.5) is 17.1 Å². The van der Waals surface area contributed by atoms with Crippen molar-refractivity contribution < 1.29 is 14.4 Å². The van der Waals surface area contributed by atoms with Crippen molar-refractivity contribution >= 4 is 46.1 Å². The Morgan fingerprint density at radius 1 is 0.773 bits per heavy atom. The largest absolute Gasteiger partial charge is 0.354 e. The van der Waals surface area contributed by atoms with Gasteiger partial charge in [0, 0.05) is 53.9 Å². The van der Waals surface area contributed by atoms with Crippen LogP contribution in [0.1, 0.15) is 45.7 Å². The lowest BCUT2D eigenvalue weighted by Gasteiger charge is -2.18. The number of carbonyl (C=O) groups is 3. The number of likely N-dealkylation sites (N-methyl/N-ethyl adjacent to an activating group) is 1. The molecule has 8 nitrogen and oxygen atoms in total. The van der Waals surface area contributed by atoms with Crippen molar-refractivity contribution in [2.45, 2.75) is 13.8 Å². The van der Waals surface area contributed by atoms with Crippen LogP contribution in [0.5, 0.6) is 0 Å². The van der Waals surface area contributed by atoms with Gasteiger partial charge in [0.15, 0.2) is 0 Å². The predicted molar refractivity (Wildman–Crippen MR) is 178 cm³/mol. The maximum absolute atomic E-state index is 13.4. The molecule has 0 bridgehead atoms. The lowest BCUT2D eigenvalue weighted by atomic mass is 9.98. The molecule has 0 radical (unpaired) electrons. The van der Waals surface area contributed by atoms with Crippen LogP contribution in [-0.2, 0) is 4.79 Å². The number of amides is 3. The van der Waals surface area contributed by atoms with E-state index in [1.54, 1.807) is 42.3 Å². The molecule has 1 heterocycles. The minimum atomic E-state index is -0.267. The van der Waals surface area contributed by atoms with Gasteiger partial charge in [-0.3, -0.25) is 14.4 Å². The third kappa shape index (κ3) is 6.71. The number of rotatable bonds is 11.